The summed E-state index contributed by atoms with van der Waals surface area (Å²) in [6, 6.07) is 0. The Morgan fingerprint density at radius 3 is 2.92 bits per heavy atom. The van der Waals surface area contributed by atoms with Crippen LogP contribution in [0.4, 0.5) is 0 Å². The molecule has 12 heavy (non-hydrogen) atoms. The zero-order valence-electron chi connectivity index (χ0n) is 7.41. The highest BCUT2D eigenvalue weighted by Crippen LogP contribution is 2.24. The Balaban J connectivity index is 2.69. The number of methoxy groups -OCH3 is 1. The number of hydrogen-bond acceptors (Lipinski definition) is 3. The smallest absolute Gasteiger partial charge is 0.333 e. The van der Waals surface area contributed by atoms with Crippen molar-refractivity contribution in [3.8, 4) is 0 Å². The van der Waals surface area contributed by atoms with Crippen LogP contribution in [0.15, 0.2) is 11.6 Å². The van der Waals surface area contributed by atoms with Crippen molar-refractivity contribution in [2.24, 2.45) is 5.92 Å². The van der Waals surface area contributed by atoms with Gasteiger partial charge in [-0.2, -0.15) is 0 Å². The average molecular weight is 170 g/mol. The first-order chi connectivity index (χ1) is 5.63. The van der Waals surface area contributed by atoms with Crippen LogP contribution in [0.1, 0.15) is 19.8 Å². The lowest BCUT2D eigenvalue weighted by molar-refractivity contribution is -0.136. The molecule has 0 amide bonds. The molecule has 0 saturated heterocycles. The number of rotatable bonds is 1. The molecule has 0 aromatic heterocycles. The van der Waals surface area contributed by atoms with Crippen LogP contribution >= 0.6 is 0 Å². The second kappa shape index (κ2) is 3.72. The topological polar surface area (TPSA) is 46.5 Å². The fraction of sp³-hybridized carbons (Fsp3) is 0.667. The van der Waals surface area contributed by atoms with E-state index in [4.69, 9.17) is 0 Å². The molecule has 0 aliphatic heterocycles. The first-order valence-electron chi connectivity index (χ1n) is 4.10. The first-order valence-corrected chi connectivity index (χ1v) is 4.10. The van der Waals surface area contributed by atoms with Crippen molar-refractivity contribution in [2.45, 2.75) is 25.9 Å². The Hall–Kier alpha value is -0.830. The molecule has 0 heterocycles. The fourth-order valence-electron chi connectivity index (χ4n) is 1.52. The summed E-state index contributed by atoms with van der Waals surface area (Å²) in [5.41, 5.74) is 0.601. The molecule has 3 nitrogen and oxygen atoms in total. The first kappa shape index (κ1) is 9.26. The van der Waals surface area contributed by atoms with E-state index in [2.05, 4.69) is 4.74 Å². The lowest BCUT2D eigenvalue weighted by Crippen LogP contribution is -2.20. The van der Waals surface area contributed by atoms with Gasteiger partial charge in [0.25, 0.3) is 0 Å². The number of carbonyl (C=O) groups excluding carboxylic acids is 1. The Bertz CT molecular complexity index is 208. The van der Waals surface area contributed by atoms with Gasteiger partial charge in [0.2, 0.25) is 0 Å². The summed E-state index contributed by atoms with van der Waals surface area (Å²) in [7, 11) is 1.36. The lowest BCUT2D eigenvalue weighted by Gasteiger charge is -2.21. The highest BCUT2D eigenvalue weighted by atomic mass is 16.5. The van der Waals surface area contributed by atoms with Crippen LogP contribution in [0.2, 0.25) is 0 Å². The van der Waals surface area contributed by atoms with E-state index in [0.29, 0.717) is 17.9 Å². The van der Waals surface area contributed by atoms with Gasteiger partial charge >= 0.3 is 5.97 Å². The number of ether oxygens (including phenoxy) is 1. The van der Waals surface area contributed by atoms with Gasteiger partial charge in [-0.3, -0.25) is 0 Å². The van der Waals surface area contributed by atoms with Gasteiger partial charge in [0.05, 0.1) is 13.2 Å². The zero-order valence-corrected chi connectivity index (χ0v) is 7.41. The normalized spacial score (nSPS) is 29.4. The van der Waals surface area contributed by atoms with Gasteiger partial charge in [-0.1, -0.05) is 6.92 Å². The molecule has 0 saturated carbocycles. The molecule has 3 heteroatoms. The van der Waals surface area contributed by atoms with Crippen molar-refractivity contribution in [3.05, 3.63) is 11.6 Å². The van der Waals surface area contributed by atoms with Crippen LogP contribution in [0.25, 0.3) is 0 Å². The van der Waals surface area contributed by atoms with Gasteiger partial charge in [0.1, 0.15) is 0 Å². The summed E-state index contributed by atoms with van der Waals surface area (Å²) in [5.74, 6) is 0.0414. The van der Waals surface area contributed by atoms with Crippen LogP contribution in [-0.2, 0) is 9.53 Å². The van der Waals surface area contributed by atoms with Gasteiger partial charge in [0, 0.05) is 5.57 Å². The molecule has 2 atom stereocenters. The summed E-state index contributed by atoms with van der Waals surface area (Å²) >= 11 is 0. The number of aliphatic hydroxyl groups excluding tert-OH is 1. The Morgan fingerprint density at radius 2 is 2.42 bits per heavy atom. The van der Waals surface area contributed by atoms with E-state index in [1.807, 2.05) is 6.92 Å². The van der Waals surface area contributed by atoms with Gasteiger partial charge in [0.15, 0.2) is 0 Å². The van der Waals surface area contributed by atoms with Crippen molar-refractivity contribution >= 4 is 5.97 Å². The summed E-state index contributed by atoms with van der Waals surface area (Å²) in [5, 5.41) is 9.31. The zero-order chi connectivity index (χ0) is 9.14. The molecule has 0 bridgehead atoms. The van der Waals surface area contributed by atoms with Gasteiger partial charge in [-0.05, 0) is 24.8 Å². The highest BCUT2D eigenvalue weighted by Gasteiger charge is 2.21. The molecule has 0 unspecified atom stereocenters. The quantitative estimate of drug-likeness (QED) is 0.594. The maximum absolute atomic E-state index is 11.1. The predicted molar refractivity (Wildman–Crippen MR) is 44.5 cm³/mol. The monoisotopic (exact) mass is 170 g/mol. The SMILES string of the molecule is COC(=O)C1=C[C@H](O)C[C@H](C)C1. The van der Waals surface area contributed by atoms with E-state index in [9.17, 15) is 9.90 Å². The van der Waals surface area contributed by atoms with Crippen molar-refractivity contribution in [3.63, 3.8) is 0 Å². The lowest BCUT2D eigenvalue weighted by atomic mass is 9.89. The second-order valence-electron chi connectivity index (χ2n) is 3.30. The number of hydrogen-bond donors (Lipinski definition) is 1. The highest BCUT2D eigenvalue weighted by molar-refractivity contribution is 5.88. The van der Waals surface area contributed by atoms with Crippen LogP contribution in [0, 0.1) is 5.92 Å². The summed E-state index contributed by atoms with van der Waals surface area (Å²) in [6.07, 6.45) is 2.55. The van der Waals surface area contributed by atoms with Crippen molar-refractivity contribution in [1.82, 2.24) is 0 Å². The Labute approximate surface area is 72.0 Å². The Morgan fingerprint density at radius 1 is 1.75 bits per heavy atom. The third kappa shape index (κ3) is 2.08. The standard InChI is InChI=1S/C9H14O3/c1-6-3-7(9(11)12-2)5-8(10)4-6/h5-6,8,10H,3-4H2,1-2H3/t6-,8-/m1/s1. The molecule has 0 fully saturated rings. The predicted octanol–water partition coefficient (Wildman–Crippen LogP) is 0.877. The largest absolute Gasteiger partial charge is 0.466 e. The molecule has 1 aliphatic carbocycles. The van der Waals surface area contributed by atoms with Crippen molar-refractivity contribution in [1.29, 1.82) is 0 Å². The maximum Gasteiger partial charge on any atom is 0.333 e. The van der Waals surface area contributed by atoms with E-state index in [1.54, 1.807) is 6.08 Å². The van der Waals surface area contributed by atoms with Crippen molar-refractivity contribution < 1.29 is 14.6 Å². The minimum Gasteiger partial charge on any atom is -0.466 e. The van der Waals surface area contributed by atoms with E-state index >= 15 is 0 Å². The molecule has 1 aliphatic rings. The number of esters is 1. The molecule has 0 aromatic rings. The van der Waals surface area contributed by atoms with E-state index < -0.39 is 6.10 Å². The summed E-state index contributed by atoms with van der Waals surface area (Å²) < 4.78 is 4.57. The molecule has 1 rings (SSSR count). The third-order valence-corrected chi connectivity index (χ3v) is 2.05. The van der Waals surface area contributed by atoms with E-state index in [-0.39, 0.29) is 5.97 Å². The maximum atomic E-state index is 11.1. The molecular weight excluding hydrogens is 156 g/mol. The fourth-order valence-corrected chi connectivity index (χ4v) is 1.52. The molecule has 0 radical (unpaired) electrons. The minimum absolute atomic E-state index is 0.319. The average Bonchev–Trinajstić information content (AvgIpc) is 2.01. The number of carbonyl (C=O) groups is 1. The molecular formula is C9H14O3. The van der Waals surface area contributed by atoms with Crippen LogP contribution in [0.5, 0.6) is 0 Å². The Kier molecular flexibility index (Phi) is 2.87. The van der Waals surface area contributed by atoms with Crippen molar-refractivity contribution in [2.75, 3.05) is 7.11 Å². The van der Waals surface area contributed by atoms with Gasteiger partial charge < -0.3 is 9.84 Å². The van der Waals surface area contributed by atoms with Crippen LogP contribution < -0.4 is 0 Å². The molecule has 0 spiro atoms. The van der Waals surface area contributed by atoms with Crippen LogP contribution in [0.3, 0.4) is 0 Å². The minimum atomic E-state index is -0.483. The van der Waals surface area contributed by atoms with Gasteiger partial charge in [-0.25, -0.2) is 4.79 Å². The van der Waals surface area contributed by atoms with E-state index in [1.165, 1.54) is 7.11 Å². The molecule has 68 valence electrons. The second-order valence-corrected chi connectivity index (χ2v) is 3.30. The van der Waals surface area contributed by atoms with E-state index in [0.717, 1.165) is 6.42 Å². The van der Waals surface area contributed by atoms with Crippen LogP contribution in [-0.4, -0.2) is 24.3 Å². The summed E-state index contributed by atoms with van der Waals surface area (Å²) in [6.45, 7) is 2.01. The third-order valence-electron chi connectivity index (χ3n) is 2.05. The number of aliphatic hydroxyl groups is 1. The molecule has 1 N–H and O–H groups in total. The summed E-state index contributed by atoms with van der Waals surface area (Å²) in [4.78, 5) is 11.1. The van der Waals surface area contributed by atoms with Gasteiger partial charge in [-0.15, -0.1) is 0 Å². The molecule has 0 aromatic carbocycles.